The van der Waals surface area contributed by atoms with E-state index in [0.717, 1.165) is 24.2 Å². The first-order chi connectivity index (χ1) is 26.0. The van der Waals surface area contributed by atoms with Gasteiger partial charge in [-0.15, -0.1) is 0 Å². The van der Waals surface area contributed by atoms with Gasteiger partial charge in [-0.2, -0.15) is 0 Å². The van der Waals surface area contributed by atoms with Gasteiger partial charge in [0.05, 0.1) is 5.69 Å². The Morgan fingerprint density at radius 1 is 0.396 bits per heavy atom. The molecule has 2 aliphatic rings. The molecule has 7 aromatic rings. The van der Waals surface area contributed by atoms with Gasteiger partial charge < -0.3 is 9.80 Å². The first-order valence-corrected chi connectivity index (χ1v) is 22.2. The molecule has 0 unspecified atom stereocenters. The second kappa shape index (κ2) is 13.7. The number of hydrogen-bond acceptors (Lipinski definition) is 2. The molecule has 1 aliphatic heterocycles. The molecule has 9 rings (SSSR count). The molecule has 7 aromatic carbocycles. The predicted molar refractivity (Wildman–Crippen MR) is 228 cm³/mol. The maximum atomic E-state index is 2.50. The monoisotopic (exact) mass is 702 g/mol. The van der Waals surface area contributed by atoms with Crippen molar-refractivity contribution in [2.24, 2.45) is 0 Å². The third-order valence-corrected chi connectivity index (χ3v) is 15.5. The molecule has 53 heavy (non-hydrogen) atoms. The lowest BCUT2D eigenvalue weighted by Crippen LogP contribution is -2.49. The van der Waals surface area contributed by atoms with Gasteiger partial charge in [0, 0.05) is 39.4 Å². The van der Waals surface area contributed by atoms with Crippen molar-refractivity contribution in [2.75, 3.05) is 9.80 Å². The molecule has 1 fully saturated rings. The van der Waals surface area contributed by atoms with Gasteiger partial charge in [-0.25, -0.2) is 0 Å². The van der Waals surface area contributed by atoms with Gasteiger partial charge in [0.15, 0.2) is 0 Å². The first kappa shape index (κ1) is 33.2. The molecular weight excluding hydrogens is 657 g/mol. The van der Waals surface area contributed by atoms with Crippen molar-refractivity contribution in [1.29, 1.82) is 0 Å². The van der Waals surface area contributed by atoms with E-state index in [2.05, 4.69) is 205 Å². The summed E-state index contributed by atoms with van der Waals surface area (Å²) in [4.78, 5) is 4.84. The molecule has 0 aromatic heterocycles. The molecule has 0 saturated heterocycles. The summed E-state index contributed by atoms with van der Waals surface area (Å²) in [7, 11) is -1.82. The van der Waals surface area contributed by atoms with Crippen LogP contribution < -0.4 is 20.2 Å². The Kier molecular flexibility index (Phi) is 8.60. The van der Waals surface area contributed by atoms with E-state index in [0.29, 0.717) is 0 Å². The van der Waals surface area contributed by atoms with Crippen LogP contribution in [0.1, 0.15) is 43.2 Å². The van der Waals surface area contributed by atoms with Gasteiger partial charge >= 0.3 is 0 Å². The number of fused-ring (bicyclic) bond motifs is 3. The molecule has 1 heterocycles. The van der Waals surface area contributed by atoms with Crippen LogP contribution in [0.2, 0.25) is 13.1 Å². The van der Waals surface area contributed by atoms with E-state index in [4.69, 9.17) is 0 Å². The van der Waals surface area contributed by atoms with Crippen molar-refractivity contribution in [3.8, 4) is 11.1 Å². The highest BCUT2D eigenvalue weighted by Gasteiger charge is 2.40. The lowest BCUT2D eigenvalue weighted by molar-refractivity contribution is 0.346. The molecule has 0 radical (unpaired) electrons. The van der Waals surface area contributed by atoms with E-state index in [1.165, 1.54) is 74.6 Å². The van der Waals surface area contributed by atoms with Gasteiger partial charge in [0.25, 0.3) is 0 Å². The molecule has 260 valence electrons. The van der Waals surface area contributed by atoms with Gasteiger partial charge in [-0.1, -0.05) is 148 Å². The second-order valence-corrected chi connectivity index (χ2v) is 19.6. The van der Waals surface area contributed by atoms with E-state index in [1.807, 2.05) is 0 Å². The summed E-state index contributed by atoms with van der Waals surface area (Å²) in [5.41, 5.74) is 12.8. The van der Waals surface area contributed by atoms with Crippen LogP contribution in [0, 0.1) is 0 Å². The maximum absolute atomic E-state index is 2.50. The number of nitrogens with zero attached hydrogens (tertiary/aromatic N) is 2. The van der Waals surface area contributed by atoms with Gasteiger partial charge in [0.2, 0.25) is 0 Å². The summed E-state index contributed by atoms with van der Waals surface area (Å²) in [6, 6.07) is 67.5. The quantitative estimate of drug-likeness (QED) is 0.145. The Morgan fingerprint density at radius 3 is 1.38 bits per heavy atom. The number of benzene rings is 7. The highest BCUT2D eigenvalue weighted by atomic mass is 28.3. The largest absolute Gasteiger partial charge is 0.311 e. The van der Waals surface area contributed by atoms with E-state index < -0.39 is 8.07 Å². The van der Waals surface area contributed by atoms with Crippen LogP contribution >= 0.6 is 0 Å². The molecule has 0 N–H and O–H groups in total. The van der Waals surface area contributed by atoms with E-state index in [1.54, 1.807) is 0 Å². The minimum atomic E-state index is -1.82. The van der Waals surface area contributed by atoms with Crippen LogP contribution in [0.25, 0.3) is 11.1 Å². The van der Waals surface area contributed by atoms with E-state index in [9.17, 15) is 0 Å². The Labute approximate surface area is 316 Å². The fourth-order valence-electron chi connectivity index (χ4n) is 9.29. The van der Waals surface area contributed by atoms with Crippen LogP contribution in [0.15, 0.2) is 182 Å². The van der Waals surface area contributed by atoms with Gasteiger partial charge in [0.1, 0.15) is 8.07 Å². The normalized spacial score (nSPS) is 15.3. The Balaban J connectivity index is 1.11. The van der Waals surface area contributed by atoms with Gasteiger partial charge in [-0.3, -0.25) is 0 Å². The minimum absolute atomic E-state index is 0.0141. The average Bonchev–Trinajstić information content (AvgIpc) is 3.46. The lowest BCUT2D eigenvalue weighted by Gasteiger charge is -2.39. The zero-order valence-corrected chi connectivity index (χ0v) is 31.8. The zero-order valence-electron chi connectivity index (χ0n) is 30.8. The van der Waals surface area contributed by atoms with E-state index in [-0.39, 0.29) is 5.41 Å². The van der Waals surface area contributed by atoms with Gasteiger partial charge in [-0.05, 0) is 107 Å². The molecule has 0 bridgehead atoms. The number of hydrogen-bond donors (Lipinski definition) is 0. The number of rotatable bonds is 8. The summed E-state index contributed by atoms with van der Waals surface area (Å²) >= 11 is 0. The number of para-hydroxylation sites is 3. The second-order valence-electron chi connectivity index (χ2n) is 15.3. The Hall–Kier alpha value is -5.64. The van der Waals surface area contributed by atoms with Crippen LogP contribution in [-0.4, -0.2) is 8.07 Å². The SMILES string of the molecule is C[Si]1(C)c2ccccc2-c2c(N(c3ccccc3)c3ccc(C4(c5ccc(N(c6ccccc6)c6ccccc6)cc5)CCCCC4)cc3)cccc21. The standard InChI is InChI=1S/C50H46N2Si/c1-53(2)47-26-14-13-24-45(47)49-46(25-17-27-48(49)53)52(42-22-11-5-12-23-42)44-34-30-39(31-35-44)50(36-15-6-16-37-50)38-28-32-43(33-29-38)51(40-18-7-3-8-19-40)41-20-9-4-10-21-41/h3-5,7-14,17-35H,6,15-16,36-37H2,1-2H3. The fraction of sp³-hybridized carbons (Fsp3) is 0.160. The van der Waals surface area contributed by atoms with Crippen LogP contribution in [0.5, 0.6) is 0 Å². The van der Waals surface area contributed by atoms with Crippen LogP contribution in [0.4, 0.5) is 34.1 Å². The molecule has 3 heteroatoms. The maximum Gasteiger partial charge on any atom is 0.113 e. The summed E-state index contributed by atoms with van der Waals surface area (Å²) < 4.78 is 0. The summed E-state index contributed by atoms with van der Waals surface area (Å²) in [6.45, 7) is 5.00. The van der Waals surface area contributed by atoms with Crippen molar-refractivity contribution in [2.45, 2.75) is 50.6 Å². The lowest BCUT2D eigenvalue weighted by atomic mass is 9.65. The van der Waals surface area contributed by atoms with Crippen molar-refractivity contribution in [1.82, 2.24) is 0 Å². The van der Waals surface area contributed by atoms with Crippen molar-refractivity contribution in [3.05, 3.63) is 193 Å². The molecule has 0 amide bonds. The molecule has 0 spiro atoms. The Morgan fingerprint density at radius 2 is 0.830 bits per heavy atom. The highest BCUT2D eigenvalue weighted by Crippen LogP contribution is 2.48. The average molecular weight is 703 g/mol. The number of anilines is 6. The molecular formula is C50H46N2Si. The summed E-state index contributed by atoms with van der Waals surface area (Å²) in [6.07, 6.45) is 6.12. The molecule has 1 aliphatic carbocycles. The first-order valence-electron chi connectivity index (χ1n) is 19.2. The third kappa shape index (κ3) is 5.80. The summed E-state index contributed by atoms with van der Waals surface area (Å²) in [5, 5.41) is 3.06. The fourth-order valence-corrected chi connectivity index (χ4v) is 12.4. The molecule has 0 atom stereocenters. The minimum Gasteiger partial charge on any atom is -0.311 e. The predicted octanol–water partition coefficient (Wildman–Crippen LogP) is 12.7. The smallest absolute Gasteiger partial charge is 0.113 e. The third-order valence-electron chi connectivity index (χ3n) is 11.9. The van der Waals surface area contributed by atoms with Crippen molar-refractivity contribution < 1.29 is 0 Å². The highest BCUT2D eigenvalue weighted by molar-refractivity contribution is 7.04. The zero-order chi connectivity index (χ0) is 35.8. The van der Waals surface area contributed by atoms with Crippen LogP contribution in [-0.2, 0) is 5.41 Å². The Bertz CT molecular complexity index is 2290. The topological polar surface area (TPSA) is 6.48 Å². The molecule has 1 saturated carbocycles. The van der Waals surface area contributed by atoms with Crippen LogP contribution in [0.3, 0.4) is 0 Å². The van der Waals surface area contributed by atoms with Crippen molar-refractivity contribution in [3.63, 3.8) is 0 Å². The summed E-state index contributed by atoms with van der Waals surface area (Å²) in [5.74, 6) is 0. The molecule has 2 nitrogen and oxygen atoms in total. The van der Waals surface area contributed by atoms with Crippen molar-refractivity contribution >= 4 is 52.6 Å². The van der Waals surface area contributed by atoms with E-state index >= 15 is 0 Å².